The topological polar surface area (TPSA) is 35.2 Å². The molecule has 70 valence electrons. The van der Waals surface area contributed by atoms with Crippen molar-refractivity contribution in [1.29, 1.82) is 0 Å². The number of benzene rings is 1. The lowest BCUT2D eigenvalue weighted by atomic mass is 10.0. The monoisotopic (exact) mass is 293 g/mol. The lowest BCUT2D eigenvalue weighted by molar-refractivity contribution is 0.267. The SMILES string of the molecule is N[C@@H]1CCOc2ccc(F)c(I)c21. The molecule has 0 fully saturated rings. The van der Waals surface area contributed by atoms with Crippen LogP contribution in [-0.4, -0.2) is 6.61 Å². The Balaban J connectivity index is 2.58. The maximum atomic E-state index is 13.2. The van der Waals surface area contributed by atoms with Crippen LogP contribution in [0.4, 0.5) is 4.39 Å². The van der Waals surface area contributed by atoms with Gasteiger partial charge < -0.3 is 10.5 Å². The molecule has 1 aromatic rings. The fourth-order valence-corrected chi connectivity index (χ4v) is 2.31. The second kappa shape index (κ2) is 3.42. The fraction of sp³-hybridized carbons (Fsp3) is 0.333. The Hall–Kier alpha value is -0.360. The molecular weight excluding hydrogens is 284 g/mol. The van der Waals surface area contributed by atoms with Gasteiger partial charge in [0.1, 0.15) is 11.6 Å². The number of rotatable bonds is 0. The molecule has 0 spiro atoms. The van der Waals surface area contributed by atoms with Crippen molar-refractivity contribution in [1.82, 2.24) is 0 Å². The van der Waals surface area contributed by atoms with E-state index >= 15 is 0 Å². The molecule has 1 aromatic carbocycles. The number of halogens is 2. The Morgan fingerprint density at radius 3 is 3.08 bits per heavy atom. The molecule has 0 aromatic heterocycles. The van der Waals surface area contributed by atoms with Gasteiger partial charge in [0.25, 0.3) is 0 Å². The Kier molecular flexibility index (Phi) is 2.42. The Morgan fingerprint density at radius 2 is 2.31 bits per heavy atom. The molecule has 1 heterocycles. The summed E-state index contributed by atoms with van der Waals surface area (Å²) in [6.45, 7) is 0.621. The predicted octanol–water partition coefficient (Wildman–Crippen LogP) is 2.21. The van der Waals surface area contributed by atoms with Crippen LogP contribution in [0.1, 0.15) is 18.0 Å². The van der Waals surface area contributed by atoms with Crippen molar-refractivity contribution in [2.75, 3.05) is 6.61 Å². The van der Waals surface area contributed by atoms with Gasteiger partial charge >= 0.3 is 0 Å². The molecule has 2 nitrogen and oxygen atoms in total. The van der Waals surface area contributed by atoms with Gasteiger partial charge in [-0.1, -0.05) is 0 Å². The molecule has 0 saturated heterocycles. The molecule has 0 saturated carbocycles. The van der Waals surface area contributed by atoms with Crippen LogP contribution in [-0.2, 0) is 0 Å². The third-order valence-electron chi connectivity index (χ3n) is 2.15. The van der Waals surface area contributed by atoms with E-state index in [9.17, 15) is 4.39 Å². The normalized spacial score (nSPS) is 20.7. The number of hydrogen-bond donors (Lipinski definition) is 1. The van der Waals surface area contributed by atoms with Crippen molar-refractivity contribution in [3.05, 3.63) is 27.1 Å². The van der Waals surface area contributed by atoms with Gasteiger partial charge in [0.15, 0.2) is 0 Å². The maximum absolute atomic E-state index is 13.2. The van der Waals surface area contributed by atoms with Gasteiger partial charge in [0.2, 0.25) is 0 Å². The van der Waals surface area contributed by atoms with Crippen molar-refractivity contribution in [3.63, 3.8) is 0 Å². The predicted molar refractivity (Wildman–Crippen MR) is 56.2 cm³/mol. The lowest BCUT2D eigenvalue weighted by Gasteiger charge is -2.24. The average Bonchev–Trinajstić information content (AvgIpc) is 2.12. The smallest absolute Gasteiger partial charge is 0.137 e. The largest absolute Gasteiger partial charge is 0.493 e. The van der Waals surface area contributed by atoms with Gasteiger partial charge in [0, 0.05) is 18.0 Å². The lowest BCUT2D eigenvalue weighted by Crippen LogP contribution is -2.22. The molecule has 1 aliphatic rings. The highest BCUT2D eigenvalue weighted by atomic mass is 127. The first-order chi connectivity index (χ1) is 6.20. The standard InChI is InChI=1S/C9H9FINO/c10-5-1-2-7-8(9(5)11)6(12)3-4-13-7/h1-2,6H,3-4,12H2/t6-/m1/s1. The van der Waals surface area contributed by atoms with Gasteiger partial charge in [-0.05, 0) is 34.7 Å². The van der Waals surface area contributed by atoms with Crippen LogP contribution in [0.3, 0.4) is 0 Å². The molecule has 0 unspecified atom stereocenters. The maximum Gasteiger partial charge on any atom is 0.137 e. The average molecular weight is 293 g/mol. The molecule has 4 heteroatoms. The molecule has 0 amide bonds. The van der Waals surface area contributed by atoms with Crippen molar-refractivity contribution >= 4 is 22.6 Å². The summed E-state index contributed by atoms with van der Waals surface area (Å²) >= 11 is 1.97. The zero-order valence-electron chi connectivity index (χ0n) is 6.89. The van der Waals surface area contributed by atoms with Gasteiger partial charge in [0.05, 0.1) is 10.2 Å². The molecule has 2 N–H and O–H groups in total. The zero-order valence-corrected chi connectivity index (χ0v) is 9.05. The molecule has 13 heavy (non-hydrogen) atoms. The Bertz CT molecular complexity index is 343. The van der Waals surface area contributed by atoms with Crippen molar-refractivity contribution in [2.45, 2.75) is 12.5 Å². The molecule has 0 aliphatic carbocycles. The van der Waals surface area contributed by atoms with Crippen LogP contribution in [0.15, 0.2) is 12.1 Å². The second-order valence-corrected chi connectivity index (χ2v) is 4.10. The van der Waals surface area contributed by atoms with E-state index in [4.69, 9.17) is 10.5 Å². The minimum atomic E-state index is -0.222. The number of hydrogen-bond acceptors (Lipinski definition) is 2. The first kappa shape index (κ1) is 9.21. The van der Waals surface area contributed by atoms with Crippen LogP contribution >= 0.6 is 22.6 Å². The van der Waals surface area contributed by atoms with E-state index in [1.807, 2.05) is 22.6 Å². The zero-order chi connectivity index (χ0) is 9.42. The highest BCUT2D eigenvalue weighted by molar-refractivity contribution is 14.1. The summed E-state index contributed by atoms with van der Waals surface area (Å²) in [5, 5.41) is 0. The van der Waals surface area contributed by atoms with E-state index in [-0.39, 0.29) is 11.9 Å². The van der Waals surface area contributed by atoms with E-state index in [1.165, 1.54) is 6.07 Å². The van der Waals surface area contributed by atoms with E-state index in [2.05, 4.69) is 0 Å². The van der Waals surface area contributed by atoms with E-state index in [0.29, 0.717) is 10.2 Å². The summed E-state index contributed by atoms with van der Waals surface area (Å²) in [6, 6.07) is 2.97. The molecule has 0 bridgehead atoms. The Labute approximate surface area is 89.4 Å². The highest BCUT2D eigenvalue weighted by Gasteiger charge is 2.22. The number of ether oxygens (including phenoxy) is 1. The van der Waals surface area contributed by atoms with Crippen LogP contribution in [0, 0.1) is 9.39 Å². The van der Waals surface area contributed by atoms with Crippen molar-refractivity contribution in [3.8, 4) is 5.75 Å². The third kappa shape index (κ3) is 1.52. The van der Waals surface area contributed by atoms with E-state index in [1.54, 1.807) is 6.07 Å². The van der Waals surface area contributed by atoms with Gasteiger partial charge in [-0.15, -0.1) is 0 Å². The van der Waals surface area contributed by atoms with Crippen LogP contribution < -0.4 is 10.5 Å². The summed E-state index contributed by atoms with van der Waals surface area (Å²) in [4.78, 5) is 0. The van der Waals surface area contributed by atoms with Crippen LogP contribution in [0.2, 0.25) is 0 Å². The van der Waals surface area contributed by atoms with Crippen molar-refractivity contribution < 1.29 is 9.13 Å². The number of fused-ring (bicyclic) bond motifs is 1. The highest BCUT2D eigenvalue weighted by Crippen LogP contribution is 2.35. The van der Waals surface area contributed by atoms with Gasteiger partial charge in [-0.25, -0.2) is 4.39 Å². The fourth-order valence-electron chi connectivity index (χ4n) is 1.46. The molecule has 0 radical (unpaired) electrons. The number of nitrogens with two attached hydrogens (primary N) is 1. The summed E-state index contributed by atoms with van der Waals surface area (Å²) in [7, 11) is 0. The summed E-state index contributed by atoms with van der Waals surface area (Å²) in [5.74, 6) is 0.504. The minimum absolute atomic E-state index is 0.0913. The second-order valence-electron chi connectivity index (χ2n) is 3.02. The Morgan fingerprint density at radius 1 is 1.54 bits per heavy atom. The first-order valence-corrected chi connectivity index (χ1v) is 5.14. The van der Waals surface area contributed by atoms with E-state index in [0.717, 1.165) is 17.7 Å². The van der Waals surface area contributed by atoms with Crippen LogP contribution in [0.5, 0.6) is 5.75 Å². The first-order valence-electron chi connectivity index (χ1n) is 4.06. The summed E-state index contributed by atoms with van der Waals surface area (Å²) in [6.07, 6.45) is 0.756. The third-order valence-corrected chi connectivity index (χ3v) is 3.25. The minimum Gasteiger partial charge on any atom is -0.493 e. The van der Waals surface area contributed by atoms with Crippen molar-refractivity contribution in [2.24, 2.45) is 5.73 Å². The van der Waals surface area contributed by atoms with E-state index < -0.39 is 0 Å². The van der Waals surface area contributed by atoms with Crippen LogP contribution in [0.25, 0.3) is 0 Å². The summed E-state index contributed by atoms with van der Waals surface area (Å²) < 4.78 is 19.1. The molecule has 2 rings (SSSR count). The van der Waals surface area contributed by atoms with Gasteiger partial charge in [-0.3, -0.25) is 0 Å². The summed E-state index contributed by atoms with van der Waals surface area (Å²) in [5.41, 5.74) is 6.68. The molecular formula is C9H9FINO. The quantitative estimate of drug-likeness (QED) is 0.744. The molecule has 1 aliphatic heterocycles. The molecule has 1 atom stereocenters. The van der Waals surface area contributed by atoms with Gasteiger partial charge in [-0.2, -0.15) is 0 Å².